The highest BCUT2D eigenvalue weighted by Crippen LogP contribution is 2.29. The molecule has 1 saturated heterocycles. The van der Waals surface area contributed by atoms with Gasteiger partial charge in [0.05, 0.1) is 13.0 Å². The van der Waals surface area contributed by atoms with Crippen molar-refractivity contribution in [2.24, 2.45) is 0 Å². The first-order valence-electron chi connectivity index (χ1n) is 4.54. The standard InChI is InChI=1S/C9H15NO3/c1-3-9(2)7-8(12)10(13-9)5-4-6-11/h6H,3-5,7H2,1-2H3. The van der Waals surface area contributed by atoms with Crippen molar-refractivity contribution in [3.05, 3.63) is 0 Å². The Kier molecular flexibility index (Phi) is 3.03. The third-order valence-corrected chi connectivity index (χ3v) is 2.33. The van der Waals surface area contributed by atoms with Crippen LogP contribution in [-0.2, 0) is 14.4 Å². The van der Waals surface area contributed by atoms with E-state index < -0.39 is 0 Å². The summed E-state index contributed by atoms with van der Waals surface area (Å²) < 4.78 is 0. The van der Waals surface area contributed by atoms with E-state index in [1.165, 1.54) is 5.06 Å². The quantitative estimate of drug-likeness (QED) is 0.611. The molecule has 1 amide bonds. The van der Waals surface area contributed by atoms with E-state index in [2.05, 4.69) is 0 Å². The van der Waals surface area contributed by atoms with E-state index in [0.29, 0.717) is 19.4 Å². The Hall–Kier alpha value is -0.900. The summed E-state index contributed by atoms with van der Waals surface area (Å²) in [5, 5.41) is 1.30. The molecule has 0 aromatic heterocycles. The molecule has 0 saturated carbocycles. The molecule has 74 valence electrons. The summed E-state index contributed by atoms with van der Waals surface area (Å²) in [6.45, 7) is 4.26. The van der Waals surface area contributed by atoms with Crippen LogP contribution in [0.5, 0.6) is 0 Å². The fourth-order valence-electron chi connectivity index (χ4n) is 1.29. The number of carbonyl (C=O) groups is 2. The Bertz CT molecular complexity index is 217. The van der Waals surface area contributed by atoms with Gasteiger partial charge in [0.25, 0.3) is 0 Å². The van der Waals surface area contributed by atoms with Gasteiger partial charge in [-0.2, -0.15) is 0 Å². The summed E-state index contributed by atoms with van der Waals surface area (Å²) in [6.07, 6.45) is 2.35. The van der Waals surface area contributed by atoms with Gasteiger partial charge in [-0.3, -0.25) is 9.63 Å². The molecule has 0 aromatic rings. The predicted octanol–water partition coefficient (Wildman–Crippen LogP) is 0.908. The molecule has 0 aromatic carbocycles. The van der Waals surface area contributed by atoms with Crippen LogP contribution >= 0.6 is 0 Å². The normalized spacial score (nSPS) is 28.2. The van der Waals surface area contributed by atoms with Gasteiger partial charge in [0, 0.05) is 6.42 Å². The highest BCUT2D eigenvalue weighted by atomic mass is 16.7. The Morgan fingerprint density at radius 3 is 2.85 bits per heavy atom. The fourth-order valence-corrected chi connectivity index (χ4v) is 1.29. The summed E-state index contributed by atoms with van der Waals surface area (Å²) in [5.74, 6) is -0.0220. The zero-order valence-corrected chi connectivity index (χ0v) is 8.08. The van der Waals surface area contributed by atoms with Gasteiger partial charge in [0.1, 0.15) is 11.9 Å². The van der Waals surface area contributed by atoms with Crippen LogP contribution in [0.1, 0.15) is 33.1 Å². The number of amides is 1. The van der Waals surface area contributed by atoms with Gasteiger partial charge >= 0.3 is 0 Å². The molecule has 4 nitrogen and oxygen atoms in total. The van der Waals surface area contributed by atoms with E-state index >= 15 is 0 Å². The summed E-state index contributed by atoms with van der Waals surface area (Å²) in [6, 6.07) is 0. The van der Waals surface area contributed by atoms with Gasteiger partial charge in [-0.1, -0.05) is 6.92 Å². The fraction of sp³-hybridized carbons (Fsp3) is 0.778. The number of nitrogens with zero attached hydrogens (tertiary/aromatic N) is 1. The number of hydrogen-bond donors (Lipinski definition) is 0. The lowest BCUT2D eigenvalue weighted by molar-refractivity contribution is -0.195. The number of aldehydes is 1. The molecule has 0 bridgehead atoms. The predicted molar refractivity (Wildman–Crippen MR) is 46.8 cm³/mol. The average Bonchev–Trinajstić information content (AvgIpc) is 2.39. The van der Waals surface area contributed by atoms with Crippen molar-refractivity contribution >= 4 is 12.2 Å². The maximum Gasteiger partial charge on any atom is 0.249 e. The Morgan fingerprint density at radius 2 is 2.38 bits per heavy atom. The minimum atomic E-state index is -0.361. The minimum Gasteiger partial charge on any atom is -0.303 e. The second kappa shape index (κ2) is 3.87. The number of carbonyl (C=O) groups excluding carboxylic acids is 2. The molecule has 1 aliphatic heterocycles. The van der Waals surface area contributed by atoms with E-state index in [4.69, 9.17) is 4.84 Å². The molecule has 1 rings (SSSR count). The lowest BCUT2D eigenvalue weighted by atomic mass is 10.0. The number of rotatable bonds is 4. The molecule has 4 heteroatoms. The van der Waals surface area contributed by atoms with Crippen molar-refractivity contribution in [2.45, 2.75) is 38.7 Å². The summed E-state index contributed by atoms with van der Waals surface area (Å²) in [4.78, 5) is 26.9. The molecule has 0 aliphatic carbocycles. The third-order valence-electron chi connectivity index (χ3n) is 2.33. The number of hydrogen-bond acceptors (Lipinski definition) is 3. The summed E-state index contributed by atoms with van der Waals surface area (Å²) >= 11 is 0. The first-order chi connectivity index (χ1) is 6.11. The van der Waals surface area contributed by atoms with Crippen LogP contribution in [0, 0.1) is 0 Å². The number of hydroxylamine groups is 2. The highest BCUT2D eigenvalue weighted by molar-refractivity contribution is 5.78. The molecule has 0 spiro atoms. The van der Waals surface area contributed by atoms with Crippen LogP contribution in [-0.4, -0.2) is 29.4 Å². The van der Waals surface area contributed by atoms with Crippen LogP contribution < -0.4 is 0 Å². The molecule has 0 radical (unpaired) electrons. The van der Waals surface area contributed by atoms with Crippen molar-refractivity contribution in [2.75, 3.05) is 6.54 Å². The highest BCUT2D eigenvalue weighted by Gasteiger charge is 2.39. The van der Waals surface area contributed by atoms with Crippen LogP contribution in [0.3, 0.4) is 0 Å². The monoisotopic (exact) mass is 185 g/mol. The second-order valence-corrected chi connectivity index (χ2v) is 3.52. The van der Waals surface area contributed by atoms with Crippen LogP contribution in [0.2, 0.25) is 0 Å². The molecule has 1 aliphatic rings. The van der Waals surface area contributed by atoms with Crippen molar-refractivity contribution < 1.29 is 14.4 Å². The van der Waals surface area contributed by atoms with Crippen molar-refractivity contribution in [1.29, 1.82) is 0 Å². The second-order valence-electron chi connectivity index (χ2n) is 3.52. The minimum absolute atomic E-state index is 0.0220. The van der Waals surface area contributed by atoms with Gasteiger partial charge in [0.15, 0.2) is 0 Å². The molecule has 1 heterocycles. The van der Waals surface area contributed by atoms with Gasteiger partial charge in [-0.25, -0.2) is 5.06 Å². The Labute approximate surface area is 77.8 Å². The molecular weight excluding hydrogens is 170 g/mol. The topological polar surface area (TPSA) is 46.6 Å². The van der Waals surface area contributed by atoms with Gasteiger partial charge < -0.3 is 4.79 Å². The third kappa shape index (κ3) is 2.28. The van der Waals surface area contributed by atoms with E-state index in [9.17, 15) is 9.59 Å². The van der Waals surface area contributed by atoms with Crippen LogP contribution in [0.4, 0.5) is 0 Å². The Balaban J connectivity index is 2.51. The lowest BCUT2D eigenvalue weighted by Crippen LogP contribution is -2.28. The molecule has 1 unspecified atom stereocenters. The molecule has 13 heavy (non-hydrogen) atoms. The Morgan fingerprint density at radius 1 is 1.69 bits per heavy atom. The van der Waals surface area contributed by atoms with E-state index in [-0.39, 0.29) is 11.5 Å². The van der Waals surface area contributed by atoms with Crippen LogP contribution in [0.25, 0.3) is 0 Å². The van der Waals surface area contributed by atoms with E-state index in [1.54, 1.807) is 0 Å². The van der Waals surface area contributed by atoms with Crippen molar-refractivity contribution in [1.82, 2.24) is 5.06 Å². The molecule has 1 fully saturated rings. The van der Waals surface area contributed by atoms with Gasteiger partial charge in [-0.05, 0) is 13.3 Å². The van der Waals surface area contributed by atoms with Gasteiger partial charge in [-0.15, -0.1) is 0 Å². The van der Waals surface area contributed by atoms with E-state index in [1.807, 2.05) is 13.8 Å². The SMILES string of the molecule is CCC1(C)CC(=O)N(CCC=O)O1. The van der Waals surface area contributed by atoms with Gasteiger partial charge in [0.2, 0.25) is 5.91 Å². The first kappa shape index (κ1) is 10.2. The maximum absolute atomic E-state index is 11.3. The average molecular weight is 185 g/mol. The first-order valence-corrected chi connectivity index (χ1v) is 4.54. The van der Waals surface area contributed by atoms with Crippen molar-refractivity contribution in [3.8, 4) is 0 Å². The summed E-state index contributed by atoms with van der Waals surface area (Å²) in [5.41, 5.74) is -0.361. The lowest BCUT2D eigenvalue weighted by Gasteiger charge is -2.21. The zero-order valence-electron chi connectivity index (χ0n) is 8.08. The smallest absolute Gasteiger partial charge is 0.249 e. The molecule has 1 atom stereocenters. The molecule has 0 N–H and O–H groups in total. The van der Waals surface area contributed by atoms with Crippen LogP contribution in [0.15, 0.2) is 0 Å². The largest absolute Gasteiger partial charge is 0.303 e. The van der Waals surface area contributed by atoms with Crippen molar-refractivity contribution in [3.63, 3.8) is 0 Å². The summed E-state index contributed by atoms with van der Waals surface area (Å²) in [7, 11) is 0. The molecular formula is C9H15NO3. The zero-order chi connectivity index (χ0) is 9.90. The van der Waals surface area contributed by atoms with E-state index in [0.717, 1.165) is 12.7 Å². The maximum atomic E-state index is 11.3.